The highest BCUT2D eigenvalue weighted by Gasteiger charge is 2.22. The van der Waals surface area contributed by atoms with Gasteiger partial charge in [-0.2, -0.15) is 4.68 Å². The molecular weight excluding hydrogens is 248 g/mol. The first-order chi connectivity index (χ1) is 8.29. The number of nitrogens with two attached hydrogens (primary N) is 1. The molecule has 1 rings (SSSR count). The molecule has 0 spiro atoms. The Kier molecular flexibility index (Phi) is 6.40. The summed E-state index contributed by atoms with van der Waals surface area (Å²) < 4.78 is 1.04. The summed E-state index contributed by atoms with van der Waals surface area (Å²) in [5, 5.41) is 8.19. The van der Waals surface area contributed by atoms with E-state index >= 15 is 0 Å². The monoisotopic (exact) mass is 268 g/mol. The highest BCUT2D eigenvalue weighted by atomic mass is 32.2. The molecule has 1 aromatic heterocycles. The number of nitrogen functional groups attached to an aromatic ring is 1. The molecule has 2 N–H and O–H groups in total. The molecule has 0 amide bonds. The van der Waals surface area contributed by atoms with Crippen LogP contribution < -0.4 is 11.4 Å². The lowest BCUT2D eigenvalue weighted by Crippen LogP contribution is -2.37. The predicted octanol–water partition coefficient (Wildman–Crippen LogP) is 1.73. The van der Waals surface area contributed by atoms with Crippen molar-refractivity contribution in [3.63, 3.8) is 0 Å². The van der Waals surface area contributed by atoms with Crippen LogP contribution in [0, 0.1) is 0 Å². The third kappa shape index (κ3) is 4.37. The first-order valence-electron chi connectivity index (χ1n) is 5.32. The third-order valence-electron chi connectivity index (χ3n) is 1.92. The third-order valence-corrected chi connectivity index (χ3v) is 2.57. The molecule has 0 unspecified atom stereocenters. The molecule has 1 heterocycles. The van der Waals surface area contributed by atoms with Crippen LogP contribution in [0.4, 0.5) is 0 Å². The first kappa shape index (κ1) is 16.4. The highest BCUT2D eigenvalue weighted by molar-refractivity contribution is 7.98. The molecule has 0 radical (unpaired) electrons. The SMILES string of the molecule is C=CC=C.CSc1nnc(C(C)(C)C)c(=O)n1N. The minimum atomic E-state index is -0.331. The summed E-state index contributed by atoms with van der Waals surface area (Å²) in [5.74, 6) is 5.57. The molecule has 0 saturated carbocycles. The Morgan fingerprint density at radius 1 is 1.28 bits per heavy atom. The van der Waals surface area contributed by atoms with E-state index in [0.717, 1.165) is 4.68 Å². The summed E-state index contributed by atoms with van der Waals surface area (Å²) in [6.45, 7) is 12.4. The normalized spacial score (nSPS) is 10.2. The summed E-state index contributed by atoms with van der Waals surface area (Å²) in [6, 6.07) is 0. The van der Waals surface area contributed by atoms with E-state index in [4.69, 9.17) is 5.84 Å². The van der Waals surface area contributed by atoms with Crippen LogP contribution in [0.1, 0.15) is 26.5 Å². The number of rotatable bonds is 2. The first-order valence-corrected chi connectivity index (χ1v) is 6.54. The molecule has 0 atom stereocenters. The van der Waals surface area contributed by atoms with Crippen LogP contribution in [0.25, 0.3) is 0 Å². The van der Waals surface area contributed by atoms with Gasteiger partial charge in [0.2, 0.25) is 5.16 Å². The molecule has 0 bridgehead atoms. The van der Waals surface area contributed by atoms with Gasteiger partial charge in [0.05, 0.1) is 0 Å². The molecule has 100 valence electrons. The van der Waals surface area contributed by atoms with E-state index in [9.17, 15) is 4.79 Å². The largest absolute Gasteiger partial charge is 0.334 e. The molecule has 0 saturated heterocycles. The van der Waals surface area contributed by atoms with Crippen LogP contribution in [0.15, 0.2) is 35.3 Å². The minimum absolute atomic E-state index is 0.281. The van der Waals surface area contributed by atoms with Gasteiger partial charge in [0.1, 0.15) is 5.69 Å². The van der Waals surface area contributed by atoms with Crippen LogP contribution in [-0.2, 0) is 5.41 Å². The van der Waals surface area contributed by atoms with E-state index in [0.29, 0.717) is 10.9 Å². The van der Waals surface area contributed by atoms with Gasteiger partial charge in [0.15, 0.2) is 0 Å². The molecule has 18 heavy (non-hydrogen) atoms. The summed E-state index contributed by atoms with van der Waals surface area (Å²) in [5.41, 5.74) is -0.225. The molecule has 0 aliphatic carbocycles. The summed E-state index contributed by atoms with van der Waals surface area (Å²) in [7, 11) is 0. The van der Waals surface area contributed by atoms with Crippen molar-refractivity contribution in [3.8, 4) is 0 Å². The number of aromatic nitrogens is 3. The van der Waals surface area contributed by atoms with Gasteiger partial charge in [-0.3, -0.25) is 4.79 Å². The van der Waals surface area contributed by atoms with Gasteiger partial charge in [-0.1, -0.05) is 57.8 Å². The topological polar surface area (TPSA) is 73.8 Å². The number of thioether (sulfide) groups is 1. The zero-order valence-corrected chi connectivity index (χ0v) is 12.1. The maximum atomic E-state index is 11.7. The van der Waals surface area contributed by atoms with E-state index in [-0.39, 0.29) is 11.0 Å². The maximum absolute atomic E-state index is 11.7. The Morgan fingerprint density at radius 3 is 2.11 bits per heavy atom. The van der Waals surface area contributed by atoms with Crippen molar-refractivity contribution in [1.29, 1.82) is 0 Å². The number of hydrogen-bond acceptors (Lipinski definition) is 5. The van der Waals surface area contributed by atoms with Gasteiger partial charge in [0, 0.05) is 5.41 Å². The van der Waals surface area contributed by atoms with Gasteiger partial charge in [0.25, 0.3) is 5.56 Å². The van der Waals surface area contributed by atoms with Crippen LogP contribution >= 0.6 is 11.8 Å². The number of nitrogens with zero attached hydrogens (tertiary/aromatic N) is 3. The van der Waals surface area contributed by atoms with Crippen LogP contribution in [-0.4, -0.2) is 21.1 Å². The second-order valence-electron chi connectivity index (χ2n) is 4.43. The zero-order chi connectivity index (χ0) is 14.3. The van der Waals surface area contributed by atoms with Crippen molar-refractivity contribution < 1.29 is 0 Å². The fourth-order valence-corrected chi connectivity index (χ4v) is 1.40. The lowest BCUT2D eigenvalue weighted by atomic mass is 9.93. The quantitative estimate of drug-likeness (QED) is 0.502. The lowest BCUT2D eigenvalue weighted by Gasteiger charge is -2.16. The van der Waals surface area contributed by atoms with Gasteiger partial charge in [-0.15, -0.1) is 10.2 Å². The van der Waals surface area contributed by atoms with E-state index in [2.05, 4.69) is 23.4 Å². The van der Waals surface area contributed by atoms with Gasteiger partial charge < -0.3 is 5.84 Å². The van der Waals surface area contributed by atoms with Gasteiger partial charge in [-0.25, -0.2) is 0 Å². The smallest absolute Gasteiger partial charge is 0.295 e. The second kappa shape index (κ2) is 7.00. The fraction of sp³-hybridized carbons (Fsp3) is 0.417. The van der Waals surface area contributed by atoms with Crippen LogP contribution in [0.2, 0.25) is 0 Å². The molecule has 0 aromatic carbocycles. The minimum Gasteiger partial charge on any atom is -0.334 e. The molecule has 0 aliphatic heterocycles. The highest BCUT2D eigenvalue weighted by Crippen LogP contribution is 2.16. The Labute approximate surface area is 112 Å². The summed E-state index contributed by atoms with van der Waals surface area (Å²) in [6.07, 6.45) is 5.07. The van der Waals surface area contributed by atoms with Crippen molar-refractivity contribution in [2.75, 3.05) is 12.1 Å². The van der Waals surface area contributed by atoms with Gasteiger partial charge >= 0.3 is 0 Å². The van der Waals surface area contributed by atoms with E-state index in [1.54, 1.807) is 18.4 Å². The van der Waals surface area contributed by atoms with E-state index in [1.165, 1.54) is 11.8 Å². The Morgan fingerprint density at radius 2 is 1.78 bits per heavy atom. The van der Waals surface area contributed by atoms with Crippen LogP contribution in [0.3, 0.4) is 0 Å². The molecule has 0 aliphatic rings. The van der Waals surface area contributed by atoms with Crippen molar-refractivity contribution >= 4 is 11.8 Å². The molecule has 1 aromatic rings. The molecular formula is C12H20N4OS. The Bertz CT molecular complexity index is 468. The Balaban J connectivity index is 0.000000631. The van der Waals surface area contributed by atoms with Crippen LogP contribution in [0.5, 0.6) is 0 Å². The zero-order valence-electron chi connectivity index (χ0n) is 11.3. The standard InChI is InChI=1S/C8H14N4OS.C4H6/c1-8(2,3)5-6(13)12(9)7(14-4)11-10-5;1-3-4-2/h9H2,1-4H3;3-4H,1-2H2. The lowest BCUT2D eigenvalue weighted by molar-refractivity contribution is 0.520. The number of allylic oxidation sites excluding steroid dienone is 2. The molecule has 0 fully saturated rings. The molecule has 5 nitrogen and oxygen atoms in total. The van der Waals surface area contributed by atoms with Crippen molar-refractivity contribution in [3.05, 3.63) is 41.4 Å². The fourth-order valence-electron chi connectivity index (χ4n) is 0.995. The van der Waals surface area contributed by atoms with Crippen molar-refractivity contribution in [2.45, 2.75) is 31.3 Å². The van der Waals surface area contributed by atoms with E-state index < -0.39 is 0 Å². The summed E-state index contributed by atoms with van der Waals surface area (Å²) in [4.78, 5) is 11.7. The predicted molar refractivity (Wildman–Crippen MR) is 77.3 cm³/mol. The number of hydrogen-bond donors (Lipinski definition) is 1. The van der Waals surface area contributed by atoms with Gasteiger partial charge in [-0.05, 0) is 6.26 Å². The Hall–Kier alpha value is -1.56. The van der Waals surface area contributed by atoms with Crippen molar-refractivity contribution in [2.24, 2.45) is 0 Å². The average Bonchev–Trinajstić information content (AvgIpc) is 2.31. The second-order valence-corrected chi connectivity index (χ2v) is 5.21. The maximum Gasteiger partial charge on any atom is 0.295 e. The van der Waals surface area contributed by atoms with Crippen molar-refractivity contribution in [1.82, 2.24) is 14.9 Å². The average molecular weight is 268 g/mol. The van der Waals surface area contributed by atoms with E-state index in [1.807, 2.05) is 20.8 Å². The summed E-state index contributed by atoms with van der Waals surface area (Å²) >= 11 is 1.29. The molecule has 6 heteroatoms.